The zero-order valence-corrected chi connectivity index (χ0v) is 15.5. The lowest BCUT2D eigenvalue weighted by Crippen LogP contribution is -2.43. The summed E-state index contributed by atoms with van der Waals surface area (Å²) < 4.78 is 14.8. The Bertz CT molecular complexity index is 506. The Morgan fingerprint density at radius 2 is 1.31 bits per heavy atom. The van der Waals surface area contributed by atoms with Gasteiger partial charge in [-0.3, -0.25) is 19.2 Å². The van der Waals surface area contributed by atoms with Gasteiger partial charge in [0.15, 0.2) is 6.10 Å². The van der Waals surface area contributed by atoms with Crippen molar-refractivity contribution < 1.29 is 38.5 Å². The van der Waals surface area contributed by atoms with Crippen molar-refractivity contribution in [2.24, 2.45) is 23.3 Å². The minimum Gasteiger partial charge on any atom is -0.481 e. The van der Waals surface area contributed by atoms with Gasteiger partial charge in [-0.2, -0.15) is 0 Å². The molecule has 0 saturated carbocycles. The molecule has 0 bridgehead atoms. The van der Waals surface area contributed by atoms with Crippen LogP contribution in [0.2, 0.25) is 0 Å². The Kier molecular flexibility index (Phi) is 10.5. The molecule has 26 heavy (non-hydrogen) atoms. The summed E-state index contributed by atoms with van der Waals surface area (Å²) in [7, 11) is 0. The van der Waals surface area contributed by atoms with Crippen molar-refractivity contribution in [2.75, 3.05) is 13.2 Å². The van der Waals surface area contributed by atoms with Crippen molar-refractivity contribution >= 4 is 23.9 Å². The number of esters is 3. The number of carbonyl (C=O) groups excluding carboxylic acids is 3. The predicted molar refractivity (Wildman–Crippen MR) is 89.7 cm³/mol. The molecular weight excluding hydrogens is 348 g/mol. The third-order valence-electron chi connectivity index (χ3n) is 3.40. The van der Waals surface area contributed by atoms with Gasteiger partial charge in [-0.25, -0.2) is 0 Å². The van der Waals surface area contributed by atoms with E-state index in [9.17, 15) is 19.2 Å². The number of carboxylic acids is 1. The van der Waals surface area contributed by atoms with Gasteiger partial charge in [0.1, 0.15) is 31.7 Å². The second kappa shape index (κ2) is 11.4. The van der Waals surface area contributed by atoms with Crippen molar-refractivity contribution in [1.29, 1.82) is 0 Å². The fraction of sp³-hybridized carbons (Fsp3) is 0.750. The summed E-state index contributed by atoms with van der Waals surface area (Å²) in [4.78, 5) is 45.5. The Balaban J connectivity index is 4.82. The van der Waals surface area contributed by atoms with E-state index >= 15 is 0 Å². The normalized spacial score (nSPS) is 14.5. The number of aliphatic carboxylic acids is 1. The van der Waals surface area contributed by atoms with Crippen molar-refractivity contribution in [3.8, 4) is 0 Å². The molecule has 10 heteroatoms. The molecule has 0 rings (SSSR count). The quantitative estimate of drug-likeness (QED) is 0.241. The number of rotatable bonds is 11. The SMILES string of the molecule is CC(C)[C@H](N)C(=O)OCC(COC(=O)CC(=O)O)OC(=O)[C@@H](N)C(C)C. The smallest absolute Gasteiger partial charge is 0.323 e. The summed E-state index contributed by atoms with van der Waals surface area (Å²) >= 11 is 0. The first kappa shape index (κ1) is 23.8. The molecule has 0 aromatic carbocycles. The van der Waals surface area contributed by atoms with Crippen LogP contribution in [0.25, 0.3) is 0 Å². The van der Waals surface area contributed by atoms with E-state index in [4.69, 9.17) is 30.8 Å². The van der Waals surface area contributed by atoms with Gasteiger partial charge in [0.2, 0.25) is 0 Å². The molecule has 0 aromatic rings. The first-order valence-corrected chi connectivity index (χ1v) is 8.21. The van der Waals surface area contributed by atoms with E-state index in [1.54, 1.807) is 27.7 Å². The van der Waals surface area contributed by atoms with Gasteiger partial charge < -0.3 is 30.8 Å². The number of hydrogen-bond donors (Lipinski definition) is 3. The number of nitrogens with two attached hydrogens (primary N) is 2. The molecule has 0 heterocycles. The average molecular weight is 376 g/mol. The third kappa shape index (κ3) is 9.33. The van der Waals surface area contributed by atoms with Crippen molar-refractivity contribution in [1.82, 2.24) is 0 Å². The van der Waals surface area contributed by atoms with Crippen LogP contribution in [0.15, 0.2) is 0 Å². The summed E-state index contributed by atoms with van der Waals surface area (Å²) in [5, 5.41) is 8.53. The number of carbonyl (C=O) groups is 4. The van der Waals surface area contributed by atoms with Gasteiger partial charge in [-0.05, 0) is 11.8 Å². The number of ether oxygens (including phenoxy) is 3. The lowest BCUT2D eigenvalue weighted by Gasteiger charge is -2.22. The highest BCUT2D eigenvalue weighted by Gasteiger charge is 2.26. The van der Waals surface area contributed by atoms with Crippen LogP contribution in [0.1, 0.15) is 34.1 Å². The van der Waals surface area contributed by atoms with Crippen LogP contribution >= 0.6 is 0 Å². The van der Waals surface area contributed by atoms with Crippen LogP contribution in [-0.4, -0.2) is 60.4 Å². The summed E-state index contributed by atoms with van der Waals surface area (Å²) in [6.45, 7) is 6.02. The van der Waals surface area contributed by atoms with E-state index in [0.717, 1.165) is 0 Å². The zero-order chi connectivity index (χ0) is 20.4. The molecule has 0 spiro atoms. The lowest BCUT2D eigenvalue weighted by atomic mass is 10.1. The molecule has 150 valence electrons. The Labute approximate surface area is 152 Å². The van der Waals surface area contributed by atoms with E-state index in [1.807, 2.05) is 0 Å². The molecule has 0 aromatic heterocycles. The Hall–Kier alpha value is -2.20. The first-order chi connectivity index (χ1) is 12.0. The Morgan fingerprint density at radius 3 is 1.77 bits per heavy atom. The molecule has 0 aliphatic heterocycles. The van der Waals surface area contributed by atoms with Crippen LogP contribution in [0.4, 0.5) is 0 Å². The second-order valence-electron chi connectivity index (χ2n) is 6.48. The van der Waals surface area contributed by atoms with Gasteiger partial charge in [0, 0.05) is 0 Å². The molecule has 5 N–H and O–H groups in total. The van der Waals surface area contributed by atoms with Gasteiger partial charge in [-0.15, -0.1) is 0 Å². The van der Waals surface area contributed by atoms with E-state index in [2.05, 4.69) is 0 Å². The molecule has 0 amide bonds. The maximum atomic E-state index is 12.0. The van der Waals surface area contributed by atoms with Crippen molar-refractivity contribution in [2.45, 2.75) is 52.3 Å². The third-order valence-corrected chi connectivity index (χ3v) is 3.40. The maximum Gasteiger partial charge on any atom is 0.323 e. The fourth-order valence-electron chi connectivity index (χ4n) is 1.54. The largest absolute Gasteiger partial charge is 0.481 e. The molecule has 0 radical (unpaired) electrons. The Morgan fingerprint density at radius 1 is 0.846 bits per heavy atom. The van der Waals surface area contributed by atoms with Crippen molar-refractivity contribution in [3.63, 3.8) is 0 Å². The molecule has 10 nitrogen and oxygen atoms in total. The molecule has 0 fully saturated rings. The minimum absolute atomic E-state index is 0.161. The van der Waals surface area contributed by atoms with Crippen LogP contribution in [0.3, 0.4) is 0 Å². The second-order valence-corrected chi connectivity index (χ2v) is 6.48. The van der Waals surface area contributed by atoms with Crippen molar-refractivity contribution in [3.05, 3.63) is 0 Å². The van der Waals surface area contributed by atoms with Crippen LogP contribution in [0, 0.1) is 11.8 Å². The maximum absolute atomic E-state index is 12.0. The van der Waals surface area contributed by atoms with Gasteiger partial charge in [0.25, 0.3) is 0 Å². The number of carboxylic acid groups (broad SMARTS) is 1. The summed E-state index contributed by atoms with van der Waals surface area (Å²) in [5.41, 5.74) is 11.3. The number of hydrogen-bond acceptors (Lipinski definition) is 9. The van der Waals surface area contributed by atoms with E-state index < -0.39 is 61.7 Å². The standard InChI is InChI=1S/C16H28N2O8/c1-8(2)13(17)15(22)25-7-10(6-24-12(21)5-11(19)20)26-16(23)14(18)9(3)4/h8-10,13-14H,5-7,17-18H2,1-4H3,(H,19,20)/t10?,13-,14-/m0/s1. The summed E-state index contributed by atoms with van der Waals surface area (Å²) in [5.74, 6) is -4.20. The predicted octanol–water partition coefficient (Wildman–Crippen LogP) is -0.574. The topological polar surface area (TPSA) is 168 Å². The van der Waals surface area contributed by atoms with E-state index in [0.29, 0.717) is 0 Å². The molecule has 0 saturated heterocycles. The minimum atomic E-state index is -1.36. The van der Waals surface area contributed by atoms with Gasteiger partial charge in [-0.1, -0.05) is 27.7 Å². The lowest BCUT2D eigenvalue weighted by molar-refractivity contribution is -0.169. The van der Waals surface area contributed by atoms with Gasteiger partial charge >= 0.3 is 23.9 Å². The summed E-state index contributed by atoms with van der Waals surface area (Å²) in [6.07, 6.45) is -1.97. The van der Waals surface area contributed by atoms with Crippen LogP contribution in [0.5, 0.6) is 0 Å². The average Bonchev–Trinajstić information content (AvgIpc) is 2.54. The summed E-state index contributed by atoms with van der Waals surface area (Å²) in [6, 6.07) is -1.78. The molecule has 1 unspecified atom stereocenters. The fourth-order valence-corrected chi connectivity index (χ4v) is 1.54. The molecule has 3 atom stereocenters. The highest BCUT2D eigenvalue weighted by Crippen LogP contribution is 2.07. The highest BCUT2D eigenvalue weighted by molar-refractivity contribution is 5.90. The first-order valence-electron chi connectivity index (χ1n) is 8.21. The molecule has 0 aliphatic carbocycles. The van der Waals surface area contributed by atoms with E-state index in [-0.39, 0.29) is 11.8 Å². The van der Waals surface area contributed by atoms with E-state index in [1.165, 1.54) is 0 Å². The van der Waals surface area contributed by atoms with Gasteiger partial charge in [0.05, 0.1) is 0 Å². The highest BCUT2D eigenvalue weighted by atomic mass is 16.6. The molecule has 0 aliphatic rings. The zero-order valence-electron chi connectivity index (χ0n) is 15.5. The molecular formula is C16H28N2O8. The van der Waals surface area contributed by atoms with Crippen LogP contribution < -0.4 is 11.5 Å². The monoisotopic (exact) mass is 376 g/mol. The van der Waals surface area contributed by atoms with Crippen LogP contribution in [-0.2, 0) is 33.4 Å².